The highest BCUT2D eigenvalue weighted by Crippen LogP contribution is 2.36. The molecule has 0 spiro atoms. The fourth-order valence-electron chi connectivity index (χ4n) is 2.90. The molecule has 2 aromatic heterocycles. The molecule has 0 saturated heterocycles. The highest BCUT2D eigenvalue weighted by atomic mass is 19.4. The van der Waals surface area contributed by atoms with E-state index in [4.69, 9.17) is 0 Å². The molecule has 7 nitrogen and oxygen atoms in total. The van der Waals surface area contributed by atoms with Crippen molar-refractivity contribution in [3.05, 3.63) is 52.8 Å². The molecule has 30 heavy (non-hydrogen) atoms. The third kappa shape index (κ3) is 4.89. The van der Waals surface area contributed by atoms with Crippen molar-refractivity contribution in [3.8, 4) is 0 Å². The van der Waals surface area contributed by atoms with E-state index in [1.54, 1.807) is 16.9 Å². The molecule has 2 heterocycles. The van der Waals surface area contributed by atoms with Crippen molar-refractivity contribution in [1.29, 1.82) is 0 Å². The Morgan fingerprint density at radius 2 is 1.60 bits per heavy atom. The summed E-state index contributed by atoms with van der Waals surface area (Å²) in [6.45, 7) is 2.19. The molecule has 13 heteroatoms. The zero-order chi connectivity index (χ0) is 22.1. The van der Waals surface area contributed by atoms with Gasteiger partial charge >= 0.3 is 12.4 Å². The molecule has 0 amide bonds. The summed E-state index contributed by atoms with van der Waals surface area (Å²) in [5.74, 6) is 0.0623. The maximum Gasteiger partial charge on any atom is 0.416 e. The highest BCUT2D eigenvalue weighted by Gasteiger charge is 2.37. The standard InChI is InChI=1S/C17H17F6N7/c1-3-30-14(4-5-24-30)10-29(15-25-27-28(2)26-15)9-11-6-12(16(18,19)20)8-13(7-11)17(21,22)23/h4-8H,3,9-10H2,1-2H3. The van der Waals surface area contributed by atoms with Gasteiger partial charge in [-0.05, 0) is 42.0 Å². The Hall–Kier alpha value is -3.12. The Labute approximate surface area is 166 Å². The molecule has 0 bridgehead atoms. The summed E-state index contributed by atoms with van der Waals surface area (Å²) in [4.78, 5) is 2.58. The van der Waals surface area contributed by atoms with Crippen molar-refractivity contribution in [1.82, 2.24) is 30.0 Å². The number of aromatic nitrogens is 6. The van der Waals surface area contributed by atoms with Gasteiger partial charge in [0.2, 0.25) is 0 Å². The molecule has 3 rings (SSSR count). The third-order valence-electron chi connectivity index (χ3n) is 4.26. The lowest BCUT2D eigenvalue weighted by atomic mass is 10.0. The second kappa shape index (κ2) is 7.95. The van der Waals surface area contributed by atoms with Gasteiger partial charge in [-0.1, -0.05) is 5.10 Å². The summed E-state index contributed by atoms with van der Waals surface area (Å²) >= 11 is 0. The van der Waals surface area contributed by atoms with Gasteiger partial charge < -0.3 is 4.90 Å². The third-order valence-corrected chi connectivity index (χ3v) is 4.26. The van der Waals surface area contributed by atoms with Crippen molar-refractivity contribution in [2.24, 2.45) is 7.05 Å². The van der Waals surface area contributed by atoms with Crippen LogP contribution in [0.2, 0.25) is 0 Å². The highest BCUT2D eigenvalue weighted by molar-refractivity contribution is 5.37. The van der Waals surface area contributed by atoms with E-state index < -0.39 is 23.5 Å². The maximum absolute atomic E-state index is 13.2. The van der Waals surface area contributed by atoms with E-state index in [2.05, 4.69) is 20.5 Å². The predicted molar refractivity (Wildman–Crippen MR) is 93.0 cm³/mol. The Balaban J connectivity index is 2.01. The topological polar surface area (TPSA) is 64.7 Å². The number of halogens is 6. The summed E-state index contributed by atoms with van der Waals surface area (Å²) < 4.78 is 80.7. The fourth-order valence-corrected chi connectivity index (χ4v) is 2.90. The van der Waals surface area contributed by atoms with E-state index in [-0.39, 0.29) is 30.7 Å². The zero-order valence-electron chi connectivity index (χ0n) is 15.9. The molecule has 0 fully saturated rings. The fraction of sp³-hybridized carbons (Fsp3) is 0.412. The molecule has 0 saturated carbocycles. The average molecular weight is 433 g/mol. The summed E-state index contributed by atoms with van der Waals surface area (Å²) in [6.07, 6.45) is -8.30. The number of benzene rings is 1. The first-order valence-electron chi connectivity index (χ1n) is 8.75. The van der Waals surface area contributed by atoms with Crippen LogP contribution >= 0.6 is 0 Å². The second-order valence-corrected chi connectivity index (χ2v) is 6.49. The molecular formula is C17H17F6N7. The summed E-state index contributed by atoms with van der Waals surface area (Å²) in [6, 6.07) is 3.17. The molecule has 1 aromatic carbocycles. The van der Waals surface area contributed by atoms with E-state index in [9.17, 15) is 26.3 Å². The van der Waals surface area contributed by atoms with E-state index in [0.29, 0.717) is 24.4 Å². The van der Waals surface area contributed by atoms with Gasteiger partial charge in [0.15, 0.2) is 0 Å². The number of anilines is 1. The van der Waals surface area contributed by atoms with Gasteiger partial charge in [0.25, 0.3) is 5.95 Å². The largest absolute Gasteiger partial charge is 0.416 e. The van der Waals surface area contributed by atoms with Crippen LogP contribution in [0.5, 0.6) is 0 Å². The van der Waals surface area contributed by atoms with Gasteiger partial charge in [0.1, 0.15) is 0 Å². The van der Waals surface area contributed by atoms with Crippen LogP contribution in [0.15, 0.2) is 30.5 Å². The molecule has 0 aliphatic carbocycles. The lowest BCUT2D eigenvalue weighted by molar-refractivity contribution is -0.143. The van der Waals surface area contributed by atoms with Crippen LogP contribution in [0.25, 0.3) is 0 Å². The predicted octanol–water partition coefficient (Wildman–Crippen LogP) is 3.67. The van der Waals surface area contributed by atoms with Gasteiger partial charge in [-0.3, -0.25) is 4.68 Å². The lowest BCUT2D eigenvalue weighted by Gasteiger charge is -2.22. The molecule has 0 unspecified atom stereocenters. The Kier molecular flexibility index (Phi) is 5.72. The molecule has 0 aliphatic rings. The van der Waals surface area contributed by atoms with E-state index >= 15 is 0 Å². The van der Waals surface area contributed by atoms with Gasteiger partial charge in [0.05, 0.1) is 30.4 Å². The van der Waals surface area contributed by atoms with Crippen LogP contribution in [0.3, 0.4) is 0 Å². The van der Waals surface area contributed by atoms with Crippen LogP contribution in [-0.4, -0.2) is 30.0 Å². The Bertz CT molecular complexity index is 972. The zero-order valence-corrected chi connectivity index (χ0v) is 15.9. The number of hydrogen-bond donors (Lipinski definition) is 0. The van der Waals surface area contributed by atoms with Crippen molar-refractivity contribution < 1.29 is 26.3 Å². The van der Waals surface area contributed by atoms with Crippen LogP contribution in [0.4, 0.5) is 32.3 Å². The first kappa shape index (κ1) is 21.6. The molecule has 3 aromatic rings. The van der Waals surface area contributed by atoms with Gasteiger partial charge in [-0.15, -0.1) is 5.10 Å². The van der Waals surface area contributed by atoms with Crippen LogP contribution in [-0.2, 0) is 39.0 Å². The monoisotopic (exact) mass is 433 g/mol. The number of alkyl halides is 6. The summed E-state index contributed by atoms with van der Waals surface area (Å²) in [5.41, 5.74) is -2.25. The Morgan fingerprint density at radius 1 is 0.967 bits per heavy atom. The molecule has 0 N–H and O–H groups in total. The smallest absolute Gasteiger partial charge is 0.328 e. The summed E-state index contributed by atoms with van der Waals surface area (Å²) in [7, 11) is 1.50. The molecule has 162 valence electrons. The SMILES string of the molecule is CCn1nccc1CN(Cc1cc(C(F)(F)F)cc(C(F)(F)F)c1)c1nnn(C)n1. The molecule has 0 aliphatic heterocycles. The maximum atomic E-state index is 13.2. The van der Waals surface area contributed by atoms with Gasteiger partial charge in [0, 0.05) is 19.3 Å². The Morgan fingerprint density at radius 3 is 2.10 bits per heavy atom. The van der Waals surface area contributed by atoms with Gasteiger partial charge in [-0.25, -0.2) is 0 Å². The first-order chi connectivity index (χ1) is 14.0. The number of hydrogen-bond acceptors (Lipinski definition) is 5. The normalized spacial score (nSPS) is 12.4. The van der Waals surface area contributed by atoms with E-state index in [1.165, 1.54) is 11.9 Å². The van der Waals surface area contributed by atoms with Crippen LogP contribution in [0.1, 0.15) is 29.3 Å². The molecular weight excluding hydrogens is 416 g/mol. The van der Waals surface area contributed by atoms with Crippen molar-refractivity contribution in [2.75, 3.05) is 4.90 Å². The first-order valence-corrected chi connectivity index (χ1v) is 8.75. The number of nitrogens with zero attached hydrogens (tertiary/aromatic N) is 7. The van der Waals surface area contributed by atoms with E-state index in [0.717, 1.165) is 4.80 Å². The van der Waals surface area contributed by atoms with E-state index in [1.807, 2.05) is 6.92 Å². The quantitative estimate of drug-likeness (QED) is 0.555. The molecule has 0 radical (unpaired) electrons. The minimum Gasteiger partial charge on any atom is -0.328 e. The number of aryl methyl sites for hydroxylation is 2. The van der Waals surface area contributed by atoms with Gasteiger partial charge in [-0.2, -0.15) is 36.2 Å². The van der Waals surface area contributed by atoms with Crippen molar-refractivity contribution in [2.45, 2.75) is 38.9 Å². The second-order valence-electron chi connectivity index (χ2n) is 6.49. The number of tetrazole rings is 1. The van der Waals surface area contributed by atoms with Crippen LogP contribution in [0, 0.1) is 0 Å². The van der Waals surface area contributed by atoms with Crippen molar-refractivity contribution >= 4 is 5.95 Å². The average Bonchev–Trinajstić information content (AvgIpc) is 3.28. The van der Waals surface area contributed by atoms with Crippen molar-refractivity contribution in [3.63, 3.8) is 0 Å². The van der Waals surface area contributed by atoms with Crippen LogP contribution < -0.4 is 4.90 Å². The minimum absolute atomic E-state index is 0.0623. The number of rotatable bonds is 6. The minimum atomic E-state index is -4.92. The molecule has 0 atom stereocenters. The summed E-state index contributed by atoms with van der Waals surface area (Å²) in [5, 5.41) is 15.7. The lowest BCUT2D eigenvalue weighted by Crippen LogP contribution is -2.26.